The third-order valence-corrected chi connectivity index (χ3v) is 20.6. The Morgan fingerprint density at radius 3 is 0.901 bits per heavy atom. The van der Waals surface area contributed by atoms with Gasteiger partial charge in [0.25, 0.3) is 0 Å². The van der Waals surface area contributed by atoms with Gasteiger partial charge in [0.2, 0.25) is 47.3 Å². The van der Waals surface area contributed by atoms with E-state index in [0.29, 0.717) is 104 Å². The molecular weight excluding hydrogens is 1440 g/mol. The standard InChI is InChI=1S/C79H146N8O24/c1-55(91)83-66-72(100)69(97)60(52-88)109-77(66)106-49-37-24-17-11-5-8-14-20-28-42-63(94)80-45-34-31-40-58(75(103)82-47-33-23-27-36-48-105-4)87-76(104)59(86-65(96)44-30-22-16-10-7-13-19-26-39-51-108-79-68(85-57(3)93)74(102)71(99)62(54-90)111-79)41-32-35-46-81-64(95)43-29-21-15-9-6-12-18-25-38-50-107-78-67(84-56(2)92)73(101)70(98)61(53-89)110-78/h58-62,66-74,77-79,88-90,97-102H,5-54H2,1-4H3,(H,80,94)(H,81,95)(H,82,103)(H,83,91)(H,84,92)(H,85,93)(H,86,96)(H,87,104). The van der Waals surface area contributed by atoms with Crippen LogP contribution < -0.4 is 42.5 Å². The van der Waals surface area contributed by atoms with E-state index in [1.54, 1.807) is 7.11 Å². The lowest BCUT2D eigenvalue weighted by Gasteiger charge is -2.42. The molecule has 32 nitrogen and oxygen atoms in total. The summed E-state index contributed by atoms with van der Waals surface area (Å²) in [6.07, 6.45) is 17.7. The van der Waals surface area contributed by atoms with E-state index in [2.05, 4.69) is 42.5 Å². The van der Waals surface area contributed by atoms with Crippen LogP contribution in [0.25, 0.3) is 0 Å². The van der Waals surface area contributed by atoms with Crippen molar-refractivity contribution >= 4 is 47.3 Å². The van der Waals surface area contributed by atoms with Gasteiger partial charge in [-0.05, 0) is 89.9 Å². The molecule has 0 radical (unpaired) electrons. The van der Waals surface area contributed by atoms with Gasteiger partial charge >= 0.3 is 0 Å². The Hall–Kier alpha value is -4.88. The van der Waals surface area contributed by atoms with Crippen LogP contribution in [-0.2, 0) is 71.5 Å². The monoisotopic (exact) mass is 1590 g/mol. The first-order chi connectivity index (χ1) is 53.6. The minimum Gasteiger partial charge on any atom is -0.394 e. The van der Waals surface area contributed by atoms with Crippen molar-refractivity contribution in [3.63, 3.8) is 0 Å². The summed E-state index contributed by atoms with van der Waals surface area (Å²) in [6, 6.07) is -4.74. The Balaban J connectivity index is 1.44. The van der Waals surface area contributed by atoms with E-state index < -0.39 is 147 Å². The third kappa shape index (κ3) is 44.1. The molecule has 646 valence electrons. The van der Waals surface area contributed by atoms with Crippen LogP contribution in [-0.4, -0.2) is 270 Å². The van der Waals surface area contributed by atoms with Gasteiger partial charge in [-0.2, -0.15) is 0 Å². The van der Waals surface area contributed by atoms with E-state index in [1.807, 2.05) is 0 Å². The number of rotatable bonds is 66. The maximum Gasteiger partial charge on any atom is 0.243 e. The van der Waals surface area contributed by atoms with E-state index in [4.69, 9.17) is 33.2 Å². The number of amides is 8. The molecule has 0 aromatic rings. The van der Waals surface area contributed by atoms with Crippen LogP contribution in [0.15, 0.2) is 0 Å². The maximum absolute atomic E-state index is 14.3. The lowest BCUT2D eigenvalue weighted by Crippen LogP contribution is -2.64. The molecule has 3 fully saturated rings. The predicted molar refractivity (Wildman–Crippen MR) is 413 cm³/mol. The highest BCUT2D eigenvalue weighted by Gasteiger charge is 2.48. The summed E-state index contributed by atoms with van der Waals surface area (Å²) in [5.41, 5.74) is 0. The van der Waals surface area contributed by atoms with Crippen LogP contribution in [0, 0.1) is 0 Å². The molecule has 17 unspecified atom stereocenters. The van der Waals surface area contributed by atoms with Crippen molar-refractivity contribution in [2.45, 2.75) is 382 Å². The number of nitrogens with one attached hydrogen (secondary N) is 8. The Morgan fingerprint density at radius 2 is 0.586 bits per heavy atom. The number of hydrogen-bond acceptors (Lipinski definition) is 24. The molecule has 3 aliphatic heterocycles. The molecule has 111 heavy (non-hydrogen) atoms. The van der Waals surface area contributed by atoms with Crippen LogP contribution in [0.5, 0.6) is 0 Å². The molecule has 3 heterocycles. The van der Waals surface area contributed by atoms with Crippen molar-refractivity contribution in [2.24, 2.45) is 0 Å². The summed E-state index contributed by atoms with van der Waals surface area (Å²) in [7, 11) is 1.66. The Labute approximate surface area is 659 Å². The number of hydrogen-bond donors (Lipinski definition) is 17. The van der Waals surface area contributed by atoms with Gasteiger partial charge in [0.05, 0.1) is 19.8 Å². The van der Waals surface area contributed by atoms with Gasteiger partial charge in [0.1, 0.15) is 85.1 Å². The Kier molecular flexibility index (Phi) is 56.4. The quantitative estimate of drug-likeness (QED) is 0.0388. The summed E-state index contributed by atoms with van der Waals surface area (Å²) in [5.74, 6) is -2.38. The molecule has 32 heteroatoms. The van der Waals surface area contributed by atoms with Crippen LogP contribution in [0.3, 0.4) is 0 Å². The highest BCUT2D eigenvalue weighted by Crippen LogP contribution is 2.27. The summed E-state index contributed by atoms with van der Waals surface area (Å²) < 4.78 is 39.6. The average Bonchev–Trinajstić information content (AvgIpc) is 0.821. The smallest absolute Gasteiger partial charge is 0.243 e. The van der Waals surface area contributed by atoms with Gasteiger partial charge in [0.15, 0.2) is 18.9 Å². The van der Waals surface area contributed by atoms with E-state index in [0.717, 1.165) is 186 Å². The third-order valence-electron chi connectivity index (χ3n) is 20.6. The fraction of sp³-hybridized carbons (Fsp3) is 0.899. The van der Waals surface area contributed by atoms with E-state index in [1.165, 1.54) is 20.8 Å². The minimum absolute atomic E-state index is 0.0421. The Morgan fingerprint density at radius 1 is 0.315 bits per heavy atom. The second-order valence-electron chi connectivity index (χ2n) is 30.3. The molecule has 3 aliphatic rings. The molecule has 0 spiro atoms. The average molecular weight is 1590 g/mol. The first-order valence-electron chi connectivity index (χ1n) is 42.0. The lowest BCUT2D eigenvalue weighted by molar-refractivity contribution is -0.270. The molecule has 17 atom stereocenters. The highest BCUT2D eigenvalue weighted by atomic mass is 16.7. The van der Waals surface area contributed by atoms with Gasteiger partial charge in [-0.25, -0.2) is 0 Å². The first-order valence-corrected chi connectivity index (χ1v) is 42.0. The maximum atomic E-state index is 14.3. The molecular formula is C79H146N8O24. The molecule has 0 bridgehead atoms. The number of carbonyl (C=O) groups excluding carboxylic acids is 8. The second kappa shape index (κ2) is 62.4. The zero-order valence-electron chi connectivity index (χ0n) is 67.3. The number of aliphatic hydroxyl groups excluding tert-OH is 9. The van der Waals surface area contributed by atoms with Crippen LogP contribution in [0.2, 0.25) is 0 Å². The topological polar surface area (TPSA) is 479 Å². The van der Waals surface area contributed by atoms with Crippen LogP contribution in [0.1, 0.15) is 278 Å². The molecule has 8 amide bonds. The SMILES string of the molecule is COCCCCCCNC(=O)C(CCCCNC(=O)CCCCCCCCCCCOC1OC(CO)C(O)C(O)C1NC(C)=O)NC(=O)C(CCCCNC(=O)CCCCCCCCCCCOC1OC(CO)C(O)C(O)C1NC(C)=O)NC(=O)CCCCCCCCCCCOC1OC(CO)C(O)C(O)C1NC(C)=O. The molecule has 0 aromatic heterocycles. The van der Waals surface area contributed by atoms with Gasteiger partial charge in [0, 0.05) is 93.2 Å². The van der Waals surface area contributed by atoms with Crippen molar-refractivity contribution in [2.75, 3.05) is 73.0 Å². The van der Waals surface area contributed by atoms with Crippen molar-refractivity contribution in [3.05, 3.63) is 0 Å². The van der Waals surface area contributed by atoms with Gasteiger partial charge < -0.3 is 122 Å². The fourth-order valence-electron chi connectivity index (χ4n) is 14.0. The first kappa shape index (κ1) is 100. The minimum atomic E-state index is -1.38. The molecule has 3 rings (SSSR count). The summed E-state index contributed by atoms with van der Waals surface area (Å²) in [6.45, 7) is 5.18. The molecule has 3 saturated heterocycles. The highest BCUT2D eigenvalue weighted by molar-refractivity contribution is 5.92. The molecule has 0 saturated carbocycles. The van der Waals surface area contributed by atoms with Gasteiger partial charge in [-0.3, -0.25) is 38.4 Å². The summed E-state index contributed by atoms with van der Waals surface area (Å²) >= 11 is 0. The predicted octanol–water partition coefficient (Wildman–Crippen LogP) is 3.44. The van der Waals surface area contributed by atoms with Crippen molar-refractivity contribution in [1.82, 2.24) is 42.5 Å². The van der Waals surface area contributed by atoms with Gasteiger partial charge in [-0.1, -0.05) is 148 Å². The zero-order chi connectivity index (χ0) is 81.4. The number of methoxy groups -OCH3 is 1. The lowest BCUT2D eigenvalue weighted by atomic mass is 9.97. The zero-order valence-corrected chi connectivity index (χ0v) is 67.3. The van der Waals surface area contributed by atoms with Crippen molar-refractivity contribution in [3.8, 4) is 0 Å². The largest absolute Gasteiger partial charge is 0.394 e. The number of carbonyl (C=O) groups is 8. The van der Waals surface area contributed by atoms with Crippen molar-refractivity contribution < 1.29 is 117 Å². The second-order valence-corrected chi connectivity index (χ2v) is 30.3. The molecule has 17 N–H and O–H groups in total. The van der Waals surface area contributed by atoms with Crippen molar-refractivity contribution in [1.29, 1.82) is 0 Å². The number of unbranched alkanes of at least 4 members (excludes halogenated alkanes) is 29. The van der Waals surface area contributed by atoms with E-state index in [9.17, 15) is 84.3 Å². The van der Waals surface area contributed by atoms with Gasteiger partial charge in [-0.15, -0.1) is 0 Å². The fourth-order valence-corrected chi connectivity index (χ4v) is 14.0. The normalized spacial score (nSPS) is 24.4. The van der Waals surface area contributed by atoms with Crippen LogP contribution >= 0.6 is 0 Å². The van der Waals surface area contributed by atoms with Crippen LogP contribution in [0.4, 0.5) is 0 Å². The summed E-state index contributed by atoms with van der Waals surface area (Å²) in [4.78, 5) is 103. The number of aliphatic hydroxyl groups is 9. The number of ether oxygens (including phenoxy) is 7. The Bertz CT molecular complexity index is 2500. The molecule has 0 aromatic carbocycles. The summed E-state index contributed by atoms with van der Waals surface area (Å²) in [5, 5.41) is 114. The molecule has 0 aliphatic carbocycles. The van der Waals surface area contributed by atoms with E-state index in [-0.39, 0.29) is 36.5 Å². The van der Waals surface area contributed by atoms with E-state index >= 15 is 0 Å².